The van der Waals surface area contributed by atoms with Gasteiger partial charge in [0.25, 0.3) is 0 Å². The molecule has 3 fully saturated rings. The number of tetrazole rings is 1. The molecule has 1 aromatic heterocycles. The summed E-state index contributed by atoms with van der Waals surface area (Å²) in [6.45, 7) is 15.5. The van der Waals surface area contributed by atoms with Crippen molar-refractivity contribution in [2.45, 2.75) is 112 Å². The molecule has 0 N–H and O–H groups in total. The van der Waals surface area contributed by atoms with Crippen molar-refractivity contribution in [3.8, 4) is 0 Å². The molecule has 4 heteroatoms. The second kappa shape index (κ2) is 8.54. The molecule has 3 saturated carbocycles. The molecule has 0 amide bonds. The lowest BCUT2D eigenvalue weighted by molar-refractivity contribution is -0.106. The Balaban J connectivity index is 1.52. The molecule has 3 aliphatic carbocycles. The smallest absolute Gasteiger partial charge is 0.164 e. The zero-order valence-corrected chi connectivity index (χ0v) is 20.5. The van der Waals surface area contributed by atoms with Gasteiger partial charge in [0, 0.05) is 0 Å². The molecule has 4 rings (SSSR count). The first-order chi connectivity index (χ1) is 14.3. The van der Waals surface area contributed by atoms with Crippen LogP contribution < -0.4 is 0 Å². The third kappa shape index (κ3) is 3.64. The van der Waals surface area contributed by atoms with Crippen molar-refractivity contribution >= 4 is 0 Å². The monoisotopic (exact) mass is 414 g/mol. The number of aromatic nitrogens is 4. The highest BCUT2D eigenvalue weighted by molar-refractivity contribution is 5.08. The van der Waals surface area contributed by atoms with E-state index in [4.69, 9.17) is 0 Å². The van der Waals surface area contributed by atoms with Gasteiger partial charge in [-0.2, -0.15) is 4.80 Å². The molecule has 1 aromatic rings. The van der Waals surface area contributed by atoms with Crippen LogP contribution in [0.2, 0.25) is 0 Å². The normalized spacial score (nSPS) is 42.0. The predicted molar refractivity (Wildman–Crippen MR) is 123 cm³/mol. The van der Waals surface area contributed by atoms with Gasteiger partial charge in [-0.25, -0.2) is 0 Å². The van der Waals surface area contributed by atoms with Gasteiger partial charge in [0.1, 0.15) is 0 Å². The maximum Gasteiger partial charge on any atom is 0.171 e. The number of hydrogen-bond donors (Lipinski definition) is 0. The van der Waals surface area contributed by atoms with Gasteiger partial charge in [-0.3, -0.25) is 0 Å². The zero-order chi connectivity index (χ0) is 21.5. The summed E-state index contributed by atoms with van der Waals surface area (Å²) in [4.78, 5) is 1.84. The minimum absolute atomic E-state index is 0.515. The first-order valence-corrected chi connectivity index (χ1v) is 13.1. The Morgan fingerprint density at radius 2 is 1.83 bits per heavy atom. The first-order valence-electron chi connectivity index (χ1n) is 13.1. The molecule has 30 heavy (non-hydrogen) atoms. The SMILES string of the molecule is CCC[C@@H]1CC[C@@H]2[C@H](CC[C@]3(C)C([C@@H](C)Cn4nnc(C)n4)CC[C@@H]23)[C@@]1(C)CCC. The van der Waals surface area contributed by atoms with Gasteiger partial charge < -0.3 is 0 Å². The summed E-state index contributed by atoms with van der Waals surface area (Å²) in [7, 11) is 0. The molecule has 0 radical (unpaired) electrons. The summed E-state index contributed by atoms with van der Waals surface area (Å²) in [6.07, 6.45) is 14.4. The van der Waals surface area contributed by atoms with Gasteiger partial charge in [-0.1, -0.05) is 53.9 Å². The summed E-state index contributed by atoms with van der Waals surface area (Å²) in [6, 6.07) is 0. The molecular weight excluding hydrogens is 368 g/mol. The van der Waals surface area contributed by atoms with E-state index >= 15 is 0 Å². The standard InChI is InChI=1S/C26H46N4/c1-7-9-20-10-11-21-23-13-12-22(18(3)17-30-28-19(4)27-29-30)26(23,6)16-14-24(21)25(20,5)15-8-2/h18,20-24H,7-17H2,1-6H3/t18-,20+,21-,22?,23-,24-,25-,26+/m0/s1. The fourth-order valence-electron chi connectivity index (χ4n) is 9.05. The largest absolute Gasteiger partial charge is 0.171 e. The van der Waals surface area contributed by atoms with Crippen molar-refractivity contribution in [1.29, 1.82) is 0 Å². The van der Waals surface area contributed by atoms with Crippen LogP contribution in [-0.2, 0) is 6.54 Å². The Bertz CT molecular complexity index is 714. The Kier molecular flexibility index (Phi) is 6.34. The van der Waals surface area contributed by atoms with E-state index in [1.54, 1.807) is 0 Å². The van der Waals surface area contributed by atoms with E-state index in [1.165, 1.54) is 64.2 Å². The highest BCUT2D eigenvalue weighted by Gasteiger charge is 2.59. The van der Waals surface area contributed by atoms with Crippen LogP contribution in [0.5, 0.6) is 0 Å². The van der Waals surface area contributed by atoms with Crippen LogP contribution in [0.3, 0.4) is 0 Å². The van der Waals surface area contributed by atoms with Crippen molar-refractivity contribution < 1.29 is 0 Å². The Labute approximate surface area is 185 Å². The van der Waals surface area contributed by atoms with E-state index in [9.17, 15) is 0 Å². The molecule has 4 nitrogen and oxygen atoms in total. The minimum atomic E-state index is 0.515. The van der Waals surface area contributed by atoms with Gasteiger partial charge in [0.2, 0.25) is 0 Å². The zero-order valence-electron chi connectivity index (χ0n) is 20.5. The van der Waals surface area contributed by atoms with Crippen LogP contribution in [0.4, 0.5) is 0 Å². The molecule has 170 valence electrons. The number of aryl methyl sites for hydroxylation is 1. The topological polar surface area (TPSA) is 43.6 Å². The minimum Gasteiger partial charge on any atom is -0.164 e. The average molecular weight is 415 g/mol. The van der Waals surface area contributed by atoms with Crippen LogP contribution in [0.1, 0.15) is 105 Å². The van der Waals surface area contributed by atoms with E-state index in [0.717, 1.165) is 42.0 Å². The van der Waals surface area contributed by atoms with Crippen LogP contribution in [-0.4, -0.2) is 20.2 Å². The summed E-state index contributed by atoms with van der Waals surface area (Å²) in [5.41, 5.74) is 1.10. The summed E-state index contributed by atoms with van der Waals surface area (Å²) < 4.78 is 0. The Morgan fingerprint density at radius 1 is 1.03 bits per heavy atom. The molecule has 0 aliphatic heterocycles. The average Bonchev–Trinajstić information content (AvgIpc) is 3.26. The second-order valence-electron chi connectivity index (χ2n) is 11.8. The highest BCUT2D eigenvalue weighted by Crippen LogP contribution is 2.67. The van der Waals surface area contributed by atoms with E-state index in [1.807, 2.05) is 11.7 Å². The fourth-order valence-corrected chi connectivity index (χ4v) is 9.05. The lowest BCUT2D eigenvalue weighted by Gasteiger charge is -2.60. The van der Waals surface area contributed by atoms with Crippen molar-refractivity contribution in [3.05, 3.63) is 5.82 Å². The van der Waals surface area contributed by atoms with Crippen LogP contribution in [0.15, 0.2) is 0 Å². The van der Waals surface area contributed by atoms with E-state index < -0.39 is 0 Å². The maximum absolute atomic E-state index is 4.47. The third-order valence-corrected chi connectivity index (χ3v) is 10.3. The van der Waals surface area contributed by atoms with Crippen molar-refractivity contribution in [2.24, 2.45) is 46.3 Å². The van der Waals surface area contributed by atoms with Gasteiger partial charge in [-0.05, 0) is 103 Å². The number of rotatable bonds is 7. The molecule has 1 unspecified atom stereocenters. The summed E-state index contributed by atoms with van der Waals surface area (Å²) in [5, 5.41) is 12.8. The quantitative estimate of drug-likeness (QED) is 0.499. The van der Waals surface area contributed by atoms with Crippen LogP contribution in [0.25, 0.3) is 0 Å². The van der Waals surface area contributed by atoms with Crippen LogP contribution >= 0.6 is 0 Å². The predicted octanol–water partition coefficient (Wildman–Crippen LogP) is 6.69. The van der Waals surface area contributed by atoms with E-state index in [0.29, 0.717) is 16.7 Å². The van der Waals surface area contributed by atoms with Crippen LogP contribution in [0, 0.1) is 53.3 Å². The molecule has 8 atom stereocenters. The number of fused-ring (bicyclic) bond motifs is 3. The Hall–Kier alpha value is -0.930. The summed E-state index contributed by atoms with van der Waals surface area (Å²) in [5.74, 6) is 6.06. The van der Waals surface area contributed by atoms with E-state index in [-0.39, 0.29) is 0 Å². The van der Waals surface area contributed by atoms with Gasteiger partial charge in [0.05, 0.1) is 6.54 Å². The molecule has 0 saturated heterocycles. The first kappa shape index (κ1) is 22.3. The molecular formula is C26H46N4. The second-order valence-corrected chi connectivity index (χ2v) is 11.8. The maximum atomic E-state index is 4.47. The van der Waals surface area contributed by atoms with Crippen molar-refractivity contribution in [1.82, 2.24) is 20.2 Å². The van der Waals surface area contributed by atoms with E-state index in [2.05, 4.69) is 50.0 Å². The van der Waals surface area contributed by atoms with Gasteiger partial charge in [0.15, 0.2) is 5.82 Å². The van der Waals surface area contributed by atoms with Crippen molar-refractivity contribution in [3.63, 3.8) is 0 Å². The molecule has 0 aromatic carbocycles. The van der Waals surface area contributed by atoms with Crippen molar-refractivity contribution in [2.75, 3.05) is 0 Å². The third-order valence-electron chi connectivity index (χ3n) is 10.3. The molecule has 0 spiro atoms. The molecule has 0 bridgehead atoms. The molecule has 3 aliphatic rings. The molecule has 1 heterocycles. The summed E-state index contributed by atoms with van der Waals surface area (Å²) >= 11 is 0. The number of hydrogen-bond acceptors (Lipinski definition) is 3. The lowest BCUT2D eigenvalue weighted by atomic mass is 9.45. The fraction of sp³-hybridized carbons (Fsp3) is 0.962. The lowest BCUT2D eigenvalue weighted by Crippen LogP contribution is -2.52. The highest BCUT2D eigenvalue weighted by atomic mass is 15.6. The Morgan fingerprint density at radius 3 is 2.50 bits per heavy atom. The number of nitrogens with zero attached hydrogens (tertiary/aromatic N) is 4. The van der Waals surface area contributed by atoms with Gasteiger partial charge in [-0.15, -0.1) is 10.2 Å². The van der Waals surface area contributed by atoms with Gasteiger partial charge >= 0.3 is 0 Å².